The van der Waals surface area contributed by atoms with Crippen LogP contribution in [0.2, 0.25) is 0 Å². The SMILES string of the molecule is C=C[C@H](CO)CC(=O)c1cccn(Cc2cc(F)c(F)c(F)c2)c1=O. The third-order valence-electron chi connectivity index (χ3n) is 3.73. The second-order valence-corrected chi connectivity index (χ2v) is 5.53. The highest BCUT2D eigenvalue weighted by molar-refractivity contribution is 5.95. The van der Waals surface area contributed by atoms with Gasteiger partial charge in [0, 0.05) is 25.1 Å². The van der Waals surface area contributed by atoms with E-state index in [-0.39, 0.29) is 30.7 Å². The molecule has 1 heterocycles. The molecule has 0 aliphatic heterocycles. The summed E-state index contributed by atoms with van der Waals surface area (Å²) in [7, 11) is 0. The monoisotopic (exact) mass is 351 g/mol. The van der Waals surface area contributed by atoms with Gasteiger partial charge in [-0.2, -0.15) is 0 Å². The van der Waals surface area contributed by atoms with Crippen LogP contribution in [0.4, 0.5) is 13.2 Å². The van der Waals surface area contributed by atoms with E-state index in [2.05, 4.69) is 6.58 Å². The summed E-state index contributed by atoms with van der Waals surface area (Å²) < 4.78 is 40.7. The molecule has 0 bridgehead atoms. The van der Waals surface area contributed by atoms with Gasteiger partial charge in [0.25, 0.3) is 5.56 Å². The van der Waals surface area contributed by atoms with E-state index in [0.29, 0.717) is 0 Å². The van der Waals surface area contributed by atoms with E-state index in [1.807, 2.05) is 0 Å². The van der Waals surface area contributed by atoms with Gasteiger partial charge < -0.3 is 9.67 Å². The van der Waals surface area contributed by atoms with Gasteiger partial charge in [-0.15, -0.1) is 6.58 Å². The lowest BCUT2D eigenvalue weighted by Gasteiger charge is -2.10. The van der Waals surface area contributed by atoms with Gasteiger partial charge in [-0.1, -0.05) is 6.08 Å². The predicted octanol–water partition coefficient (Wildman–Crippen LogP) is 2.68. The summed E-state index contributed by atoms with van der Waals surface area (Å²) in [6.07, 6.45) is 2.69. The number of rotatable bonds is 7. The average Bonchev–Trinajstić information content (AvgIpc) is 2.59. The second kappa shape index (κ2) is 7.94. The molecule has 0 saturated carbocycles. The lowest BCUT2D eigenvalue weighted by Crippen LogP contribution is -2.27. The van der Waals surface area contributed by atoms with Crippen molar-refractivity contribution in [3.63, 3.8) is 0 Å². The first-order chi connectivity index (χ1) is 11.9. The van der Waals surface area contributed by atoms with Crippen molar-refractivity contribution >= 4 is 5.78 Å². The molecule has 0 spiro atoms. The van der Waals surface area contributed by atoms with E-state index in [1.165, 1.54) is 24.4 Å². The molecule has 0 aliphatic rings. The molecule has 2 rings (SSSR count). The maximum absolute atomic E-state index is 13.3. The van der Waals surface area contributed by atoms with Crippen LogP contribution in [0.5, 0.6) is 0 Å². The van der Waals surface area contributed by atoms with Crippen molar-refractivity contribution in [3.05, 3.63) is 82.0 Å². The number of halogens is 3. The van der Waals surface area contributed by atoms with Gasteiger partial charge in [0.2, 0.25) is 0 Å². The summed E-state index contributed by atoms with van der Waals surface area (Å²) in [5, 5.41) is 9.11. The summed E-state index contributed by atoms with van der Waals surface area (Å²) in [4.78, 5) is 24.6. The third kappa shape index (κ3) is 4.24. The Morgan fingerprint density at radius 3 is 2.48 bits per heavy atom. The molecule has 0 radical (unpaired) electrons. The van der Waals surface area contributed by atoms with Crippen molar-refractivity contribution < 1.29 is 23.1 Å². The van der Waals surface area contributed by atoms with Gasteiger partial charge in [0.1, 0.15) is 0 Å². The van der Waals surface area contributed by atoms with Crippen molar-refractivity contribution in [2.24, 2.45) is 5.92 Å². The van der Waals surface area contributed by atoms with E-state index >= 15 is 0 Å². The van der Waals surface area contributed by atoms with Crippen molar-refractivity contribution in [2.45, 2.75) is 13.0 Å². The molecule has 0 fully saturated rings. The lowest BCUT2D eigenvalue weighted by atomic mass is 10.00. The zero-order valence-corrected chi connectivity index (χ0v) is 13.2. The highest BCUT2D eigenvalue weighted by atomic mass is 19.2. The third-order valence-corrected chi connectivity index (χ3v) is 3.73. The van der Waals surface area contributed by atoms with Crippen LogP contribution in [0.15, 0.2) is 47.9 Å². The largest absolute Gasteiger partial charge is 0.396 e. The van der Waals surface area contributed by atoms with Crippen molar-refractivity contribution in [2.75, 3.05) is 6.61 Å². The maximum Gasteiger partial charge on any atom is 0.261 e. The Labute approximate surface area is 141 Å². The van der Waals surface area contributed by atoms with Crippen LogP contribution in [0.3, 0.4) is 0 Å². The van der Waals surface area contributed by atoms with Crippen LogP contribution in [-0.4, -0.2) is 22.1 Å². The first-order valence-corrected chi connectivity index (χ1v) is 7.46. The fraction of sp³-hybridized carbons (Fsp3) is 0.222. The Morgan fingerprint density at radius 2 is 1.92 bits per heavy atom. The Balaban J connectivity index is 2.31. The van der Waals surface area contributed by atoms with Crippen molar-refractivity contribution in [3.8, 4) is 0 Å². The molecule has 0 unspecified atom stereocenters. The topological polar surface area (TPSA) is 59.3 Å². The molecule has 0 aliphatic carbocycles. The van der Waals surface area contributed by atoms with Crippen LogP contribution >= 0.6 is 0 Å². The molecule has 4 nitrogen and oxygen atoms in total. The van der Waals surface area contributed by atoms with Crippen LogP contribution in [0.1, 0.15) is 22.3 Å². The van der Waals surface area contributed by atoms with E-state index in [9.17, 15) is 22.8 Å². The van der Waals surface area contributed by atoms with Crippen LogP contribution in [-0.2, 0) is 6.54 Å². The number of carbonyl (C=O) groups excluding carboxylic acids is 1. The molecular weight excluding hydrogens is 335 g/mol. The number of pyridine rings is 1. The normalized spacial score (nSPS) is 12.0. The van der Waals surface area contributed by atoms with Gasteiger partial charge >= 0.3 is 0 Å². The van der Waals surface area contributed by atoms with Crippen LogP contribution in [0.25, 0.3) is 0 Å². The number of ketones is 1. The summed E-state index contributed by atoms with van der Waals surface area (Å²) in [6, 6.07) is 4.37. The van der Waals surface area contributed by atoms with E-state index in [0.717, 1.165) is 16.7 Å². The zero-order valence-electron chi connectivity index (χ0n) is 13.2. The van der Waals surface area contributed by atoms with E-state index in [4.69, 9.17) is 5.11 Å². The summed E-state index contributed by atoms with van der Waals surface area (Å²) in [5.74, 6) is -5.24. The number of aromatic nitrogens is 1. The number of aliphatic hydroxyl groups is 1. The molecule has 7 heteroatoms. The Morgan fingerprint density at radius 1 is 1.28 bits per heavy atom. The van der Waals surface area contributed by atoms with E-state index < -0.39 is 34.7 Å². The van der Waals surface area contributed by atoms with Crippen LogP contribution in [0, 0.1) is 23.4 Å². The summed E-state index contributed by atoms with van der Waals surface area (Å²) >= 11 is 0. The molecule has 1 atom stereocenters. The highest BCUT2D eigenvalue weighted by Crippen LogP contribution is 2.14. The number of benzene rings is 1. The van der Waals surface area contributed by atoms with Gasteiger partial charge in [-0.25, -0.2) is 13.2 Å². The Hall–Kier alpha value is -2.67. The van der Waals surface area contributed by atoms with Gasteiger partial charge in [0.05, 0.1) is 12.1 Å². The number of Topliss-reactive ketones (excluding diaryl/α,β-unsaturated/α-hetero) is 1. The first-order valence-electron chi connectivity index (χ1n) is 7.46. The van der Waals surface area contributed by atoms with Crippen molar-refractivity contribution in [1.29, 1.82) is 0 Å². The first kappa shape index (κ1) is 18.7. The number of nitrogens with zero attached hydrogens (tertiary/aromatic N) is 1. The second-order valence-electron chi connectivity index (χ2n) is 5.53. The Bertz CT molecular complexity index is 838. The molecule has 132 valence electrons. The standard InChI is InChI=1S/C18H16F3NO3/c1-2-11(10-23)8-16(24)13-4-3-5-22(18(13)25)9-12-6-14(19)17(21)15(20)7-12/h2-7,11,23H,1,8-10H2/t11-/m0/s1. The molecule has 1 N–H and O–H groups in total. The number of hydrogen-bond acceptors (Lipinski definition) is 3. The molecule has 0 amide bonds. The molecule has 25 heavy (non-hydrogen) atoms. The van der Waals surface area contributed by atoms with Gasteiger partial charge in [-0.05, 0) is 29.8 Å². The molecule has 1 aromatic carbocycles. The lowest BCUT2D eigenvalue weighted by molar-refractivity contribution is 0.0950. The zero-order chi connectivity index (χ0) is 18.6. The fourth-order valence-electron chi connectivity index (χ4n) is 2.34. The minimum Gasteiger partial charge on any atom is -0.396 e. The fourth-order valence-corrected chi connectivity index (χ4v) is 2.34. The Kier molecular flexibility index (Phi) is 5.93. The van der Waals surface area contributed by atoms with E-state index in [1.54, 1.807) is 0 Å². The van der Waals surface area contributed by atoms with Gasteiger partial charge in [0.15, 0.2) is 23.2 Å². The van der Waals surface area contributed by atoms with Crippen molar-refractivity contribution in [1.82, 2.24) is 4.57 Å². The number of carbonyl (C=O) groups is 1. The molecule has 2 aromatic rings. The number of aliphatic hydroxyl groups excluding tert-OH is 1. The molecular formula is C18H16F3NO3. The number of hydrogen-bond donors (Lipinski definition) is 1. The molecule has 0 saturated heterocycles. The maximum atomic E-state index is 13.3. The van der Waals surface area contributed by atoms with Crippen LogP contribution < -0.4 is 5.56 Å². The average molecular weight is 351 g/mol. The summed E-state index contributed by atoms with van der Waals surface area (Å²) in [6.45, 7) is 3.00. The minimum atomic E-state index is -1.58. The highest BCUT2D eigenvalue weighted by Gasteiger charge is 2.17. The van der Waals surface area contributed by atoms with Gasteiger partial charge in [-0.3, -0.25) is 9.59 Å². The quantitative estimate of drug-likeness (QED) is 0.474. The predicted molar refractivity (Wildman–Crippen MR) is 85.8 cm³/mol. The minimum absolute atomic E-state index is 0.0439. The summed E-state index contributed by atoms with van der Waals surface area (Å²) in [5.41, 5.74) is -0.702. The smallest absolute Gasteiger partial charge is 0.261 e. The molecule has 1 aromatic heterocycles.